The van der Waals surface area contributed by atoms with Gasteiger partial charge in [0.15, 0.2) is 6.29 Å². The molecule has 0 spiro atoms. The standard InChI is InChI=1S/C6H6.C4H7NO2/c1-2-4-6-5-3-1;1-3(5)4(7)2-6/h1-6H;2-3H,5H2,1H3. The Labute approximate surface area is 77.6 Å². The van der Waals surface area contributed by atoms with Gasteiger partial charge in [0.1, 0.15) is 0 Å². The lowest BCUT2D eigenvalue weighted by Gasteiger charge is -1.90. The number of nitrogens with two attached hydrogens (primary N) is 1. The van der Waals surface area contributed by atoms with Crippen LogP contribution in [0.15, 0.2) is 36.4 Å². The molecule has 0 bridgehead atoms. The fourth-order valence-corrected chi connectivity index (χ4v) is 0.492. The van der Waals surface area contributed by atoms with Crippen LogP contribution < -0.4 is 5.73 Å². The van der Waals surface area contributed by atoms with Crippen LogP contribution >= 0.6 is 0 Å². The average molecular weight is 179 g/mol. The number of Topliss-reactive ketones (excluding diaryl/α,β-unsaturated/α-hetero) is 1. The van der Waals surface area contributed by atoms with E-state index in [1.807, 2.05) is 36.4 Å². The summed E-state index contributed by atoms with van der Waals surface area (Å²) in [4.78, 5) is 19.5. The second-order valence-electron chi connectivity index (χ2n) is 2.46. The van der Waals surface area contributed by atoms with Crippen molar-refractivity contribution < 1.29 is 9.59 Å². The smallest absolute Gasteiger partial charge is 0.211 e. The molecule has 1 atom stereocenters. The zero-order chi connectivity index (χ0) is 10.1. The van der Waals surface area contributed by atoms with E-state index in [9.17, 15) is 9.59 Å². The van der Waals surface area contributed by atoms with Gasteiger partial charge in [0, 0.05) is 0 Å². The predicted molar refractivity (Wildman–Crippen MR) is 51.2 cm³/mol. The van der Waals surface area contributed by atoms with Gasteiger partial charge >= 0.3 is 0 Å². The summed E-state index contributed by atoms with van der Waals surface area (Å²) in [5.41, 5.74) is 4.97. The Kier molecular flexibility index (Phi) is 6.37. The highest BCUT2D eigenvalue weighted by Gasteiger charge is 2.02. The molecule has 2 N–H and O–H groups in total. The van der Waals surface area contributed by atoms with Crippen molar-refractivity contribution in [1.29, 1.82) is 0 Å². The molecule has 0 aliphatic rings. The Morgan fingerprint density at radius 3 is 1.54 bits per heavy atom. The number of hydrogen-bond donors (Lipinski definition) is 1. The Hall–Kier alpha value is -1.48. The third kappa shape index (κ3) is 6.90. The lowest BCUT2D eigenvalue weighted by molar-refractivity contribution is -0.130. The highest BCUT2D eigenvalue weighted by molar-refractivity contribution is 6.27. The molecule has 3 nitrogen and oxygen atoms in total. The first kappa shape index (κ1) is 11.5. The summed E-state index contributed by atoms with van der Waals surface area (Å²) in [6.07, 6.45) is 0.227. The van der Waals surface area contributed by atoms with Crippen LogP contribution in [-0.2, 0) is 9.59 Å². The summed E-state index contributed by atoms with van der Waals surface area (Å²) in [6, 6.07) is 11.4. The highest BCUT2D eigenvalue weighted by atomic mass is 16.2. The van der Waals surface area contributed by atoms with Crippen molar-refractivity contribution in [2.75, 3.05) is 0 Å². The average Bonchev–Trinajstić information content (AvgIpc) is 2.20. The molecule has 1 rings (SSSR count). The Balaban J connectivity index is 0.000000223. The lowest BCUT2D eigenvalue weighted by atomic mass is 10.3. The van der Waals surface area contributed by atoms with Gasteiger partial charge in [-0.2, -0.15) is 0 Å². The zero-order valence-corrected chi connectivity index (χ0v) is 7.51. The molecule has 0 radical (unpaired) electrons. The fourth-order valence-electron chi connectivity index (χ4n) is 0.492. The molecule has 0 saturated heterocycles. The molecule has 1 unspecified atom stereocenters. The maximum atomic E-state index is 10.0. The molecule has 3 heteroatoms. The minimum atomic E-state index is -0.641. The maximum absolute atomic E-state index is 10.0. The van der Waals surface area contributed by atoms with E-state index >= 15 is 0 Å². The van der Waals surface area contributed by atoms with Crippen molar-refractivity contribution in [2.24, 2.45) is 5.73 Å². The lowest BCUT2D eigenvalue weighted by Crippen LogP contribution is -2.27. The van der Waals surface area contributed by atoms with Gasteiger partial charge in [0.25, 0.3) is 0 Å². The van der Waals surface area contributed by atoms with Gasteiger partial charge in [-0.3, -0.25) is 9.59 Å². The van der Waals surface area contributed by atoms with Gasteiger partial charge in [0.2, 0.25) is 5.78 Å². The third-order valence-electron chi connectivity index (χ3n) is 1.23. The number of rotatable bonds is 2. The number of hydrogen-bond acceptors (Lipinski definition) is 3. The summed E-state index contributed by atoms with van der Waals surface area (Å²) in [6.45, 7) is 1.47. The summed E-state index contributed by atoms with van der Waals surface area (Å²) in [7, 11) is 0. The Morgan fingerprint density at radius 2 is 1.46 bits per heavy atom. The van der Waals surface area contributed by atoms with Gasteiger partial charge in [-0.05, 0) is 6.92 Å². The number of carbonyl (C=O) groups excluding carboxylic acids is 2. The summed E-state index contributed by atoms with van der Waals surface area (Å²) >= 11 is 0. The zero-order valence-electron chi connectivity index (χ0n) is 7.51. The molecule has 0 heterocycles. The van der Waals surface area contributed by atoms with Crippen LogP contribution in [-0.4, -0.2) is 18.1 Å². The molecule has 0 aliphatic carbocycles. The highest BCUT2D eigenvalue weighted by Crippen LogP contribution is 1.79. The number of benzene rings is 1. The second kappa shape index (κ2) is 7.18. The van der Waals surface area contributed by atoms with E-state index in [0.717, 1.165) is 0 Å². The normalized spacial score (nSPS) is 10.6. The molecular formula is C10H13NO2. The fraction of sp³-hybridized carbons (Fsp3) is 0.200. The van der Waals surface area contributed by atoms with E-state index in [2.05, 4.69) is 0 Å². The van der Waals surface area contributed by atoms with Crippen LogP contribution in [0.1, 0.15) is 6.92 Å². The van der Waals surface area contributed by atoms with Crippen molar-refractivity contribution >= 4 is 12.1 Å². The summed E-state index contributed by atoms with van der Waals surface area (Å²) in [5.74, 6) is -0.556. The molecule has 0 saturated carbocycles. The van der Waals surface area contributed by atoms with Gasteiger partial charge in [-0.25, -0.2) is 0 Å². The predicted octanol–water partition coefficient (Wildman–Crippen LogP) is 0.788. The monoisotopic (exact) mass is 179 g/mol. The van der Waals surface area contributed by atoms with E-state index < -0.39 is 11.8 Å². The van der Waals surface area contributed by atoms with Crippen molar-refractivity contribution in [1.82, 2.24) is 0 Å². The largest absolute Gasteiger partial charge is 0.321 e. The van der Waals surface area contributed by atoms with E-state index in [0.29, 0.717) is 0 Å². The topological polar surface area (TPSA) is 60.2 Å². The van der Waals surface area contributed by atoms with Gasteiger partial charge in [-0.1, -0.05) is 36.4 Å². The third-order valence-corrected chi connectivity index (χ3v) is 1.23. The molecule has 0 fully saturated rings. The molecule has 1 aromatic rings. The van der Waals surface area contributed by atoms with Gasteiger partial charge in [-0.15, -0.1) is 0 Å². The number of carbonyl (C=O) groups is 2. The Morgan fingerprint density at radius 1 is 1.15 bits per heavy atom. The Bertz CT molecular complexity index is 218. The van der Waals surface area contributed by atoms with Crippen LogP contribution in [0.5, 0.6) is 0 Å². The minimum Gasteiger partial charge on any atom is -0.321 e. The van der Waals surface area contributed by atoms with Crippen LogP contribution in [0, 0.1) is 0 Å². The molecule has 70 valence electrons. The maximum Gasteiger partial charge on any atom is 0.211 e. The molecule has 0 aromatic heterocycles. The second-order valence-corrected chi connectivity index (χ2v) is 2.46. The van der Waals surface area contributed by atoms with Crippen LogP contribution in [0.2, 0.25) is 0 Å². The van der Waals surface area contributed by atoms with Gasteiger partial charge in [0.05, 0.1) is 6.04 Å². The van der Waals surface area contributed by atoms with Crippen molar-refractivity contribution in [3.05, 3.63) is 36.4 Å². The molecule has 1 aromatic carbocycles. The van der Waals surface area contributed by atoms with Crippen molar-refractivity contribution in [3.8, 4) is 0 Å². The first-order valence-electron chi connectivity index (χ1n) is 3.93. The van der Waals surface area contributed by atoms with E-state index in [-0.39, 0.29) is 6.29 Å². The van der Waals surface area contributed by atoms with Gasteiger partial charge < -0.3 is 5.73 Å². The van der Waals surface area contributed by atoms with Crippen molar-refractivity contribution in [3.63, 3.8) is 0 Å². The molecule has 0 aliphatic heterocycles. The quantitative estimate of drug-likeness (QED) is 0.539. The summed E-state index contributed by atoms with van der Waals surface area (Å²) in [5, 5.41) is 0. The van der Waals surface area contributed by atoms with E-state index in [4.69, 9.17) is 5.73 Å². The van der Waals surface area contributed by atoms with E-state index in [1.54, 1.807) is 0 Å². The minimum absolute atomic E-state index is 0.227. The molecular weight excluding hydrogens is 166 g/mol. The first-order valence-corrected chi connectivity index (χ1v) is 3.93. The van der Waals surface area contributed by atoms with Crippen LogP contribution in [0.25, 0.3) is 0 Å². The SMILES string of the molecule is CC(N)C(=O)C=O.c1ccccc1. The van der Waals surface area contributed by atoms with Crippen LogP contribution in [0.4, 0.5) is 0 Å². The number of ketones is 1. The summed E-state index contributed by atoms with van der Waals surface area (Å²) < 4.78 is 0. The van der Waals surface area contributed by atoms with Crippen molar-refractivity contribution in [2.45, 2.75) is 13.0 Å². The molecule has 0 amide bonds. The van der Waals surface area contributed by atoms with E-state index in [1.165, 1.54) is 6.92 Å². The van der Waals surface area contributed by atoms with Crippen LogP contribution in [0.3, 0.4) is 0 Å². The first-order chi connectivity index (χ1) is 6.18. The molecule has 13 heavy (non-hydrogen) atoms. The number of aldehydes is 1.